The number of carbonyl (C=O) groups excluding carboxylic acids is 2. The Kier molecular flexibility index (Phi) is 11.7. The van der Waals surface area contributed by atoms with Crippen molar-refractivity contribution in [3.05, 3.63) is 47.0 Å². The monoisotopic (exact) mass is 556 g/mol. The van der Waals surface area contributed by atoms with Crippen molar-refractivity contribution in [2.45, 2.75) is 50.4 Å². The van der Waals surface area contributed by atoms with Gasteiger partial charge in [-0.3, -0.25) is 19.4 Å². The van der Waals surface area contributed by atoms with Crippen LogP contribution in [0.1, 0.15) is 45.1 Å². The molecule has 1 amide bonds. The fourth-order valence-corrected chi connectivity index (χ4v) is 5.62. The molecule has 0 saturated heterocycles. The molecule has 3 rings (SSSR count). The van der Waals surface area contributed by atoms with Crippen molar-refractivity contribution >= 4 is 53.3 Å². The minimum atomic E-state index is -0.290. The summed E-state index contributed by atoms with van der Waals surface area (Å²) in [5.41, 5.74) is 1.71. The predicted octanol–water partition coefficient (Wildman–Crippen LogP) is 5.97. The Morgan fingerprint density at radius 3 is 2.50 bits per heavy atom. The average molecular weight is 558 g/mol. The summed E-state index contributed by atoms with van der Waals surface area (Å²) in [5, 5.41) is 0.341. The molecule has 0 spiro atoms. The molecular formula is C26H34Cl2N2O5S. The minimum absolute atomic E-state index is 0. The lowest BCUT2D eigenvalue weighted by molar-refractivity contribution is -0.141. The summed E-state index contributed by atoms with van der Waals surface area (Å²) in [4.78, 5) is 28.7. The van der Waals surface area contributed by atoms with Crippen LogP contribution in [0.25, 0.3) is 0 Å². The van der Waals surface area contributed by atoms with Gasteiger partial charge >= 0.3 is 5.97 Å². The van der Waals surface area contributed by atoms with Gasteiger partial charge < -0.3 is 14.2 Å². The second kappa shape index (κ2) is 14.0. The van der Waals surface area contributed by atoms with E-state index >= 15 is 0 Å². The lowest BCUT2D eigenvalue weighted by Crippen LogP contribution is -2.35. The van der Waals surface area contributed by atoms with Crippen LogP contribution in [-0.2, 0) is 14.3 Å². The molecule has 0 bridgehead atoms. The van der Waals surface area contributed by atoms with E-state index in [1.807, 2.05) is 30.3 Å². The first kappa shape index (κ1) is 30.1. The molecule has 0 fully saturated rings. The Hall–Kier alpha value is -2.13. The number of rotatable bonds is 11. The zero-order chi connectivity index (χ0) is 25.5. The molecule has 0 saturated carbocycles. The van der Waals surface area contributed by atoms with Crippen molar-refractivity contribution in [3.63, 3.8) is 0 Å². The molecule has 1 aliphatic heterocycles. The van der Waals surface area contributed by atoms with Crippen molar-refractivity contribution in [3.8, 4) is 11.5 Å². The molecule has 2 aromatic carbocycles. The van der Waals surface area contributed by atoms with Gasteiger partial charge in [0.25, 0.3) is 0 Å². The Balaban J connectivity index is 0.00000456. The van der Waals surface area contributed by atoms with Gasteiger partial charge in [0.2, 0.25) is 5.91 Å². The quantitative estimate of drug-likeness (QED) is 0.249. The second-order valence-corrected chi connectivity index (χ2v) is 10.1. The largest absolute Gasteiger partial charge is 0.497 e. The van der Waals surface area contributed by atoms with Gasteiger partial charge in [-0.1, -0.05) is 23.4 Å². The summed E-state index contributed by atoms with van der Waals surface area (Å²) in [7, 11) is 1.62. The molecule has 36 heavy (non-hydrogen) atoms. The molecule has 1 heterocycles. The fraction of sp³-hybridized carbons (Fsp3) is 0.462. The summed E-state index contributed by atoms with van der Waals surface area (Å²) >= 11 is 7.78. The molecule has 1 aliphatic rings. The van der Waals surface area contributed by atoms with Crippen molar-refractivity contribution in [1.29, 1.82) is 0 Å². The van der Waals surface area contributed by atoms with E-state index in [4.69, 9.17) is 25.8 Å². The Morgan fingerprint density at radius 1 is 1.11 bits per heavy atom. The number of amides is 1. The summed E-state index contributed by atoms with van der Waals surface area (Å²) in [5.74, 6) is 1.09. The van der Waals surface area contributed by atoms with Crippen molar-refractivity contribution in [1.82, 2.24) is 4.90 Å². The van der Waals surface area contributed by atoms with Gasteiger partial charge in [-0.05, 0) is 56.7 Å². The molecule has 0 N–H and O–H groups in total. The fourth-order valence-electron chi connectivity index (χ4n) is 3.98. The molecule has 0 aliphatic carbocycles. The maximum absolute atomic E-state index is 12.6. The third-order valence-corrected chi connectivity index (χ3v) is 7.24. The SMILES string of the molecule is COc1ccc(OCCCN(CCOC(C)=O)C(C)C)c(C2Sc3cc(Cl)ccc3N2C(C)=O)c1.Cl. The van der Waals surface area contributed by atoms with Crippen LogP contribution in [0.3, 0.4) is 0 Å². The number of methoxy groups -OCH3 is 1. The summed E-state index contributed by atoms with van der Waals surface area (Å²) < 4.78 is 16.8. The van der Waals surface area contributed by atoms with E-state index in [0.29, 0.717) is 42.3 Å². The van der Waals surface area contributed by atoms with Crippen molar-refractivity contribution in [2.24, 2.45) is 0 Å². The average Bonchev–Trinajstić information content (AvgIpc) is 3.18. The van der Waals surface area contributed by atoms with E-state index in [2.05, 4.69) is 18.7 Å². The number of thioether (sulfide) groups is 1. The zero-order valence-corrected chi connectivity index (χ0v) is 23.7. The summed E-state index contributed by atoms with van der Waals surface area (Å²) in [6.45, 7) is 9.59. The molecule has 7 nitrogen and oxygen atoms in total. The highest BCUT2D eigenvalue weighted by Gasteiger charge is 2.36. The van der Waals surface area contributed by atoms with Crippen molar-refractivity contribution < 1.29 is 23.8 Å². The lowest BCUT2D eigenvalue weighted by Gasteiger charge is -2.27. The molecule has 0 radical (unpaired) electrons. The minimum Gasteiger partial charge on any atom is -0.497 e. The summed E-state index contributed by atoms with van der Waals surface area (Å²) in [6.07, 6.45) is 0.799. The van der Waals surface area contributed by atoms with E-state index in [0.717, 1.165) is 29.1 Å². The number of esters is 1. The molecule has 1 atom stereocenters. The molecule has 0 aromatic heterocycles. The van der Waals surface area contributed by atoms with Gasteiger partial charge in [0, 0.05) is 48.5 Å². The van der Waals surface area contributed by atoms with Crippen LogP contribution < -0.4 is 14.4 Å². The van der Waals surface area contributed by atoms with Gasteiger partial charge in [0.1, 0.15) is 23.5 Å². The van der Waals surface area contributed by atoms with Crippen LogP contribution in [0.15, 0.2) is 41.3 Å². The lowest BCUT2D eigenvalue weighted by atomic mass is 10.1. The predicted molar refractivity (Wildman–Crippen MR) is 147 cm³/mol. The van der Waals surface area contributed by atoms with E-state index in [1.54, 1.807) is 36.8 Å². The zero-order valence-electron chi connectivity index (χ0n) is 21.3. The normalized spacial score (nSPS) is 14.4. The number of fused-ring (bicyclic) bond motifs is 1. The van der Waals surface area contributed by atoms with Gasteiger partial charge in [0.05, 0.1) is 19.4 Å². The van der Waals surface area contributed by atoms with Crippen molar-refractivity contribution in [2.75, 3.05) is 38.3 Å². The molecule has 1 unspecified atom stereocenters. The molecular weight excluding hydrogens is 523 g/mol. The highest BCUT2D eigenvalue weighted by molar-refractivity contribution is 8.00. The maximum Gasteiger partial charge on any atom is 0.302 e. The number of hydrogen-bond acceptors (Lipinski definition) is 7. The summed E-state index contributed by atoms with van der Waals surface area (Å²) in [6, 6.07) is 11.6. The van der Waals surface area contributed by atoms with E-state index in [1.165, 1.54) is 6.92 Å². The number of halogens is 2. The van der Waals surface area contributed by atoms with E-state index < -0.39 is 0 Å². The standard InChI is InChI=1S/C26H33ClN2O5S.ClH/c1-17(2)28(12-14-33-19(4)31)11-6-13-34-24-10-8-21(32-5)16-22(24)26-29(18(3)30)23-9-7-20(27)15-25(23)35-26;/h7-10,15-17,26H,6,11-14H2,1-5H3;1H. The van der Waals surface area contributed by atoms with Crippen LogP contribution >= 0.6 is 35.8 Å². The first-order valence-corrected chi connectivity index (χ1v) is 12.9. The smallest absolute Gasteiger partial charge is 0.302 e. The van der Waals surface area contributed by atoms with Crippen LogP contribution in [0.2, 0.25) is 5.02 Å². The Labute approximate surface area is 228 Å². The number of hydrogen-bond donors (Lipinski definition) is 0. The molecule has 10 heteroatoms. The van der Waals surface area contributed by atoms with E-state index in [-0.39, 0.29) is 29.7 Å². The highest BCUT2D eigenvalue weighted by atomic mass is 35.5. The van der Waals surface area contributed by atoms with Crippen LogP contribution in [-0.4, -0.2) is 56.2 Å². The topological polar surface area (TPSA) is 68.3 Å². The maximum atomic E-state index is 12.6. The molecule has 198 valence electrons. The van der Waals surface area contributed by atoms with Gasteiger partial charge in [0.15, 0.2) is 0 Å². The Bertz CT molecular complexity index is 1050. The van der Waals surface area contributed by atoms with Crippen LogP contribution in [0.5, 0.6) is 11.5 Å². The van der Waals surface area contributed by atoms with Crippen LogP contribution in [0, 0.1) is 0 Å². The number of nitrogens with zero attached hydrogens (tertiary/aromatic N) is 2. The third kappa shape index (κ3) is 7.68. The van der Waals surface area contributed by atoms with E-state index in [9.17, 15) is 9.59 Å². The highest BCUT2D eigenvalue weighted by Crippen LogP contribution is 2.54. The Morgan fingerprint density at radius 2 is 1.86 bits per heavy atom. The van der Waals surface area contributed by atoms with Gasteiger partial charge in [-0.15, -0.1) is 12.4 Å². The number of anilines is 1. The second-order valence-electron chi connectivity index (χ2n) is 8.55. The molecule has 2 aromatic rings. The first-order chi connectivity index (χ1) is 16.7. The van der Waals surface area contributed by atoms with Gasteiger partial charge in [-0.25, -0.2) is 0 Å². The number of ether oxygens (including phenoxy) is 3. The third-order valence-electron chi connectivity index (χ3n) is 5.74. The number of benzene rings is 2. The van der Waals surface area contributed by atoms with Crippen LogP contribution in [0.4, 0.5) is 5.69 Å². The number of carbonyl (C=O) groups is 2. The van der Waals surface area contributed by atoms with Gasteiger partial charge in [-0.2, -0.15) is 0 Å². The first-order valence-electron chi connectivity index (χ1n) is 11.7.